The van der Waals surface area contributed by atoms with Gasteiger partial charge >= 0.3 is 0 Å². The molecule has 1 atom stereocenters. The average molecular weight is 468 g/mol. The zero-order valence-electron chi connectivity index (χ0n) is 18.7. The second kappa shape index (κ2) is 10.2. The highest BCUT2D eigenvalue weighted by molar-refractivity contribution is 5.95. The van der Waals surface area contributed by atoms with Gasteiger partial charge in [-0.25, -0.2) is 0 Å². The number of aromatic nitrogens is 2. The molecule has 1 fully saturated rings. The van der Waals surface area contributed by atoms with Gasteiger partial charge in [0.25, 0.3) is 11.6 Å². The van der Waals surface area contributed by atoms with Gasteiger partial charge in [-0.3, -0.25) is 9.59 Å². The van der Waals surface area contributed by atoms with Gasteiger partial charge in [-0.05, 0) is 41.1 Å². The molecule has 34 heavy (non-hydrogen) atoms. The summed E-state index contributed by atoms with van der Waals surface area (Å²) >= 11 is 0. The van der Waals surface area contributed by atoms with Crippen LogP contribution in [0.2, 0.25) is 0 Å². The predicted octanol–water partition coefficient (Wildman–Crippen LogP) is 0.798. The van der Waals surface area contributed by atoms with E-state index in [-0.39, 0.29) is 37.7 Å². The van der Waals surface area contributed by atoms with E-state index < -0.39 is 18.0 Å². The Labute approximate surface area is 195 Å². The van der Waals surface area contributed by atoms with Crippen molar-refractivity contribution in [2.75, 3.05) is 32.7 Å². The minimum Gasteiger partial charge on any atom is -0.539 e. The lowest BCUT2D eigenvalue weighted by Crippen LogP contribution is -2.50. The number of amides is 2. The molecule has 0 bridgehead atoms. The molecular weight excluding hydrogens is 444 g/mol. The van der Waals surface area contributed by atoms with Gasteiger partial charge in [-0.15, -0.1) is 0 Å². The molecule has 0 spiro atoms. The van der Waals surface area contributed by atoms with Crippen molar-refractivity contribution in [2.24, 2.45) is 0 Å². The van der Waals surface area contributed by atoms with Crippen molar-refractivity contribution in [3.05, 3.63) is 54.2 Å². The van der Waals surface area contributed by atoms with Crippen LogP contribution in [-0.4, -0.2) is 55.5 Å². The Morgan fingerprint density at radius 1 is 1.15 bits per heavy atom. The third-order valence-corrected chi connectivity index (χ3v) is 5.37. The Kier molecular flexibility index (Phi) is 6.93. The Morgan fingerprint density at radius 2 is 1.79 bits per heavy atom. The first-order valence-electron chi connectivity index (χ1n) is 10.5. The highest BCUT2D eigenvalue weighted by atomic mass is 16.6. The highest BCUT2D eigenvalue weighted by Crippen LogP contribution is 2.20. The van der Waals surface area contributed by atoms with Crippen LogP contribution in [0.3, 0.4) is 0 Å². The molecule has 0 saturated carbocycles. The van der Waals surface area contributed by atoms with Crippen LogP contribution >= 0.6 is 0 Å². The van der Waals surface area contributed by atoms with E-state index >= 15 is 0 Å². The summed E-state index contributed by atoms with van der Waals surface area (Å²) in [5.74, 6) is -0.0938. The molecule has 1 N–H and O–H groups in total. The minimum absolute atomic E-state index is 0.0346. The normalized spacial score (nSPS) is 15.8. The van der Waals surface area contributed by atoms with E-state index in [9.17, 15) is 14.7 Å². The molecule has 2 aromatic carbocycles. The third-order valence-electron chi connectivity index (χ3n) is 5.37. The number of hydrogen-bond donors (Lipinski definition) is 1. The third kappa shape index (κ3) is 5.09. The van der Waals surface area contributed by atoms with Gasteiger partial charge in [0.15, 0.2) is 5.95 Å². The van der Waals surface area contributed by atoms with Gasteiger partial charge in [0.05, 0.1) is 32.5 Å². The minimum atomic E-state index is -0.962. The lowest BCUT2D eigenvalue weighted by molar-refractivity contribution is -0.678. The number of carbonyl (C=O) groups is 2. The molecule has 4 rings (SSSR count). The van der Waals surface area contributed by atoms with E-state index in [4.69, 9.17) is 18.7 Å². The van der Waals surface area contributed by atoms with E-state index in [1.165, 1.54) is 9.58 Å². The highest BCUT2D eigenvalue weighted by Gasteiger charge is 2.34. The average Bonchev–Trinajstić information content (AvgIpc) is 3.22. The van der Waals surface area contributed by atoms with E-state index in [1.807, 2.05) is 0 Å². The summed E-state index contributed by atoms with van der Waals surface area (Å²) in [6, 6.07) is 13.7. The van der Waals surface area contributed by atoms with Crippen LogP contribution in [0, 0.1) is 0 Å². The van der Waals surface area contributed by atoms with Gasteiger partial charge < -0.3 is 34.1 Å². The maximum atomic E-state index is 13.0. The van der Waals surface area contributed by atoms with Crippen molar-refractivity contribution in [3.8, 4) is 23.1 Å². The van der Waals surface area contributed by atoms with Gasteiger partial charge in [-0.2, -0.15) is 0 Å². The smallest absolute Gasteiger partial charge is 0.259 e. The summed E-state index contributed by atoms with van der Waals surface area (Å²) in [5.41, 5.74) is 1.34. The molecule has 1 unspecified atom stereocenters. The summed E-state index contributed by atoms with van der Waals surface area (Å²) in [4.78, 5) is 26.9. The molecule has 1 aliphatic heterocycles. The number of rotatable bonds is 8. The summed E-state index contributed by atoms with van der Waals surface area (Å²) in [5, 5.41) is 18.8. The number of benzene rings is 2. The maximum Gasteiger partial charge on any atom is 0.259 e. The largest absolute Gasteiger partial charge is 0.539 e. The lowest BCUT2D eigenvalue weighted by Gasteiger charge is -2.31. The first-order chi connectivity index (χ1) is 16.5. The number of methoxy groups -OCH3 is 2. The van der Waals surface area contributed by atoms with Crippen LogP contribution in [0.5, 0.6) is 17.4 Å². The van der Waals surface area contributed by atoms with Crippen LogP contribution in [0.4, 0.5) is 5.69 Å². The lowest BCUT2D eigenvalue weighted by atomic mass is 10.1. The first-order valence-corrected chi connectivity index (χ1v) is 10.5. The molecule has 3 aromatic rings. The molecule has 2 amide bonds. The number of morpholine rings is 1. The van der Waals surface area contributed by atoms with Gasteiger partial charge in [0.1, 0.15) is 24.1 Å². The van der Waals surface area contributed by atoms with Crippen LogP contribution in [0.25, 0.3) is 5.69 Å². The fourth-order valence-electron chi connectivity index (χ4n) is 3.55. The van der Waals surface area contributed by atoms with Crippen LogP contribution in [0.15, 0.2) is 53.1 Å². The first kappa shape index (κ1) is 23.1. The molecule has 2 heterocycles. The van der Waals surface area contributed by atoms with E-state index in [2.05, 4.69) is 10.6 Å². The summed E-state index contributed by atoms with van der Waals surface area (Å²) in [6.07, 6.45) is -1.12. The fourth-order valence-corrected chi connectivity index (χ4v) is 3.55. The van der Waals surface area contributed by atoms with Gasteiger partial charge in [-0.1, -0.05) is 0 Å². The number of carbonyl (C=O) groups excluding carboxylic acids is 2. The molecule has 11 nitrogen and oxygen atoms in total. The van der Waals surface area contributed by atoms with Crippen molar-refractivity contribution in [1.82, 2.24) is 10.2 Å². The Hall–Kier alpha value is -4.12. The topological polar surface area (TPSA) is 130 Å². The summed E-state index contributed by atoms with van der Waals surface area (Å²) in [6.45, 7) is 0.462. The molecule has 178 valence electrons. The fraction of sp³-hybridized carbons (Fsp3) is 0.304. The second-order valence-electron chi connectivity index (χ2n) is 7.52. The van der Waals surface area contributed by atoms with Crippen molar-refractivity contribution in [1.29, 1.82) is 0 Å². The maximum absolute atomic E-state index is 13.0. The van der Waals surface area contributed by atoms with E-state index in [1.54, 1.807) is 62.8 Å². The molecular formula is C23H24N4O7. The molecule has 0 aliphatic carbocycles. The second-order valence-corrected chi connectivity index (χ2v) is 7.52. The Balaban J connectivity index is 1.42. The number of nitrogens with one attached hydrogen (secondary N) is 1. The van der Waals surface area contributed by atoms with Gasteiger partial charge in [0, 0.05) is 24.4 Å². The predicted molar refractivity (Wildman–Crippen MR) is 115 cm³/mol. The molecule has 1 aliphatic rings. The van der Waals surface area contributed by atoms with Crippen molar-refractivity contribution in [3.63, 3.8) is 0 Å². The Bertz CT molecular complexity index is 1150. The zero-order valence-corrected chi connectivity index (χ0v) is 18.7. The summed E-state index contributed by atoms with van der Waals surface area (Å²) in [7, 11) is 3.11. The monoisotopic (exact) mass is 468 g/mol. The molecule has 11 heteroatoms. The number of nitrogens with zero attached hydrogens (tertiary/aromatic N) is 3. The van der Waals surface area contributed by atoms with Crippen molar-refractivity contribution < 1.29 is 38.1 Å². The number of anilines is 1. The van der Waals surface area contributed by atoms with Crippen molar-refractivity contribution in [2.45, 2.75) is 19.1 Å². The zero-order chi connectivity index (χ0) is 24.1. The van der Waals surface area contributed by atoms with E-state index in [0.29, 0.717) is 22.9 Å². The summed E-state index contributed by atoms with van der Waals surface area (Å²) < 4.78 is 22.0. The van der Waals surface area contributed by atoms with E-state index in [0.717, 1.165) is 0 Å². The number of hydrogen-bond acceptors (Lipinski definition) is 8. The van der Waals surface area contributed by atoms with Gasteiger partial charge in [0.2, 0.25) is 11.6 Å². The SMILES string of the molecule is COc1ccc(NC(=O)CC2OCCN(Cc3c([O-])on[n+]3-c3ccc(OC)cc3)C2=O)cc1. The van der Waals surface area contributed by atoms with Crippen LogP contribution < -0.4 is 24.6 Å². The molecule has 1 saturated heterocycles. The quantitative estimate of drug-likeness (QED) is 0.481. The van der Waals surface area contributed by atoms with Crippen molar-refractivity contribution >= 4 is 17.5 Å². The van der Waals surface area contributed by atoms with Crippen LogP contribution in [-0.2, 0) is 20.9 Å². The number of ether oxygens (including phenoxy) is 3. The molecule has 0 radical (unpaired) electrons. The molecule has 1 aromatic heterocycles. The van der Waals surface area contributed by atoms with Crippen LogP contribution in [0.1, 0.15) is 12.1 Å². The standard InChI is InChI=1S/C23H24N4O7/c1-31-17-7-3-15(4-8-17)24-21(28)13-20-22(29)26(11-12-33-20)14-19-23(30)34-25-27(19)16-5-9-18(32-2)10-6-16/h3-10,20H,11-14H2,1-2H3,(H-,24,25,28,30). The Morgan fingerprint density at radius 3 is 2.44 bits per heavy atom.